The molecule has 0 aromatic heterocycles. The first-order valence-corrected chi connectivity index (χ1v) is 7.46. The predicted octanol–water partition coefficient (Wildman–Crippen LogP) is 2.35. The molecule has 0 bridgehead atoms. The Balaban J connectivity index is 2.16. The first-order chi connectivity index (χ1) is 10.2. The minimum absolute atomic E-state index is 0.0468. The molecule has 1 N–H and O–H groups in total. The van der Waals surface area contributed by atoms with Crippen LogP contribution in [0.15, 0.2) is 18.2 Å². The van der Waals surface area contributed by atoms with Gasteiger partial charge in [-0.3, -0.25) is 9.59 Å². The Hall–Kier alpha value is -1.88. The molecule has 0 fully saturated rings. The average molecular weight is 290 g/mol. The topological polar surface area (TPSA) is 58.6 Å². The van der Waals surface area contributed by atoms with E-state index >= 15 is 0 Å². The minimum atomic E-state index is -0.180. The predicted molar refractivity (Wildman–Crippen MR) is 82.5 cm³/mol. The monoisotopic (exact) mass is 290 g/mol. The molecule has 114 valence electrons. The zero-order chi connectivity index (χ0) is 15.2. The third kappa shape index (κ3) is 3.82. The van der Waals surface area contributed by atoms with E-state index in [2.05, 4.69) is 5.32 Å². The van der Waals surface area contributed by atoms with Crippen LogP contribution in [0.2, 0.25) is 0 Å². The standard InChI is InChI=1S/C16H22N2O3/c1-3-16(20)18-9-5-6-12-7-8-13(10-14(12)18)17-15(19)11-21-4-2/h7-8,10H,3-6,9,11H2,1-2H3,(H,17,19). The Morgan fingerprint density at radius 1 is 1.33 bits per heavy atom. The van der Waals surface area contributed by atoms with Crippen LogP contribution in [0.1, 0.15) is 32.3 Å². The quantitative estimate of drug-likeness (QED) is 0.905. The van der Waals surface area contributed by atoms with Crippen LogP contribution >= 0.6 is 0 Å². The van der Waals surface area contributed by atoms with E-state index < -0.39 is 0 Å². The molecule has 1 aliphatic heterocycles. The summed E-state index contributed by atoms with van der Waals surface area (Å²) in [6.07, 6.45) is 2.44. The summed E-state index contributed by atoms with van der Waals surface area (Å²) < 4.78 is 5.08. The number of ether oxygens (including phenoxy) is 1. The third-order valence-electron chi connectivity index (χ3n) is 3.53. The van der Waals surface area contributed by atoms with Crippen molar-refractivity contribution in [3.05, 3.63) is 23.8 Å². The van der Waals surface area contributed by atoms with Crippen molar-refractivity contribution in [2.75, 3.05) is 30.0 Å². The molecule has 2 amide bonds. The molecule has 2 rings (SSSR count). The lowest BCUT2D eigenvalue weighted by Gasteiger charge is -2.29. The van der Waals surface area contributed by atoms with Gasteiger partial charge in [0.15, 0.2) is 0 Å². The lowest BCUT2D eigenvalue weighted by Crippen LogP contribution is -2.35. The zero-order valence-electron chi connectivity index (χ0n) is 12.6. The summed E-state index contributed by atoms with van der Waals surface area (Å²) in [5.41, 5.74) is 2.78. The van der Waals surface area contributed by atoms with Gasteiger partial charge in [-0.1, -0.05) is 13.0 Å². The van der Waals surface area contributed by atoms with Gasteiger partial charge >= 0.3 is 0 Å². The summed E-state index contributed by atoms with van der Waals surface area (Å²) >= 11 is 0. The van der Waals surface area contributed by atoms with E-state index in [9.17, 15) is 9.59 Å². The first kappa shape index (κ1) is 15.5. The number of amides is 2. The van der Waals surface area contributed by atoms with Crippen LogP contribution < -0.4 is 10.2 Å². The number of benzene rings is 1. The molecule has 5 heteroatoms. The van der Waals surface area contributed by atoms with Gasteiger partial charge < -0.3 is 15.0 Å². The fraction of sp³-hybridized carbons (Fsp3) is 0.500. The molecule has 0 aliphatic carbocycles. The number of nitrogens with zero attached hydrogens (tertiary/aromatic N) is 1. The van der Waals surface area contributed by atoms with Crippen molar-refractivity contribution in [2.24, 2.45) is 0 Å². The minimum Gasteiger partial charge on any atom is -0.372 e. The van der Waals surface area contributed by atoms with E-state index in [-0.39, 0.29) is 18.4 Å². The SMILES string of the molecule is CCOCC(=O)Nc1ccc2c(c1)N(C(=O)CC)CCC2. The van der Waals surface area contributed by atoms with Crippen LogP contribution in [0.3, 0.4) is 0 Å². The highest BCUT2D eigenvalue weighted by Gasteiger charge is 2.21. The normalized spacial score (nSPS) is 13.7. The number of rotatable bonds is 5. The smallest absolute Gasteiger partial charge is 0.250 e. The van der Waals surface area contributed by atoms with Crippen molar-refractivity contribution in [1.82, 2.24) is 0 Å². The molecular formula is C16H22N2O3. The second-order valence-electron chi connectivity index (χ2n) is 5.03. The van der Waals surface area contributed by atoms with E-state index in [0.29, 0.717) is 18.7 Å². The summed E-state index contributed by atoms with van der Waals surface area (Å²) in [5, 5.41) is 2.80. The Morgan fingerprint density at radius 2 is 2.14 bits per heavy atom. The highest BCUT2D eigenvalue weighted by Crippen LogP contribution is 2.30. The lowest BCUT2D eigenvalue weighted by molar-refractivity contribution is -0.120. The van der Waals surface area contributed by atoms with Gasteiger partial charge in [-0.2, -0.15) is 0 Å². The molecule has 21 heavy (non-hydrogen) atoms. The van der Waals surface area contributed by atoms with Crippen LogP contribution in [0.5, 0.6) is 0 Å². The number of aryl methyl sites for hydroxylation is 1. The van der Waals surface area contributed by atoms with Crippen LogP contribution in [0.25, 0.3) is 0 Å². The first-order valence-electron chi connectivity index (χ1n) is 7.46. The van der Waals surface area contributed by atoms with Gasteiger partial charge in [0, 0.05) is 30.9 Å². The van der Waals surface area contributed by atoms with E-state index in [1.807, 2.05) is 36.9 Å². The molecule has 1 aromatic carbocycles. The highest BCUT2D eigenvalue weighted by atomic mass is 16.5. The van der Waals surface area contributed by atoms with Crippen LogP contribution in [0.4, 0.5) is 11.4 Å². The van der Waals surface area contributed by atoms with E-state index in [4.69, 9.17) is 4.74 Å². The number of fused-ring (bicyclic) bond motifs is 1. The third-order valence-corrected chi connectivity index (χ3v) is 3.53. The average Bonchev–Trinajstić information content (AvgIpc) is 2.51. The van der Waals surface area contributed by atoms with Crippen molar-refractivity contribution in [3.63, 3.8) is 0 Å². The largest absolute Gasteiger partial charge is 0.372 e. The summed E-state index contributed by atoms with van der Waals surface area (Å²) in [6.45, 7) is 5.02. The van der Waals surface area contributed by atoms with E-state index in [1.54, 1.807) is 0 Å². The van der Waals surface area contributed by atoms with Gasteiger partial charge in [0.1, 0.15) is 6.61 Å². The molecule has 1 heterocycles. The van der Waals surface area contributed by atoms with Crippen LogP contribution in [-0.2, 0) is 20.7 Å². The second kappa shape index (κ2) is 7.22. The van der Waals surface area contributed by atoms with Gasteiger partial charge in [0.2, 0.25) is 11.8 Å². The number of carbonyl (C=O) groups is 2. The van der Waals surface area contributed by atoms with E-state index in [0.717, 1.165) is 30.6 Å². The zero-order valence-corrected chi connectivity index (χ0v) is 12.6. The van der Waals surface area contributed by atoms with Gasteiger partial charge in [-0.25, -0.2) is 0 Å². The molecule has 0 spiro atoms. The molecular weight excluding hydrogens is 268 g/mol. The fourth-order valence-electron chi connectivity index (χ4n) is 2.49. The number of carbonyl (C=O) groups excluding carboxylic acids is 2. The van der Waals surface area contributed by atoms with Gasteiger partial charge in [-0.15, -0.1) is 0 Å². The molecule has 5 nitrogen and oxygen atoms in total. The number of hydrogen-bond acceptors (Lipinski definition) is 3. The Kier molecular flexibility index (Phi) is 5.33. The van der Waals surface area contributed by atoms with Gasteiger partial charge in [0.05, 0.1) is 0 Å². The molecule has 0 saturated heterocycles. The maximum Gasteiger partial charge on any atom is 0.250 e. The highest BCUT2D eigenvalue weighted by molar-refractivity contribution is 5.97. The number of hydrogen-bond donors (Lipinski definition) is 1. The summed E-state index contributed by atoms with van der Waals surface area (Å²) in [7, 11) is 0. The Morgan fingerprint density at radius 3 is 2.86 bits per heavy atom. The van der Waals surface area contributed by atoms with Crippen molar-refractivity contribution < 1.29 is 14.3 Å². The number of nitrogens with one attached hydrogen (secondary N) is 1. The molecule has 0 unspecified atom stereocenters. The van der Waals surface area contributed by atoms with Crippen molar-refractivity contribution >= 4 is 23.2 Å². The summed E-state index contributed by atoms with van der Waals surface area (Å²) in [6, 6.07) is 5.75. The Labute approximate surface area is 125 Å². The lowest BCUT2D eigenvalue weighted by atomic mass is 10.0. The number of anilines is 2. The molecule has 1 aliphatic rings. The maximum absolute atomic E-state index is 12.0. The molecule has 0 atom stereocenters. The van der Waals surface area contributed by atoms with Crippen molar-refractivity contribution in [3.8, 4) is 0 Å². The van der Waals surface area contributed by atoms with Gasteiger partial charge in [-0.05, 0) is 37.5 Å². The Bertz CT molecular complexity index is 528. The molecule has 0 radical (unpaired) electrons. The molecule has 1 aromatic rings. The fourth-order valence-corrected chi connectivity index (χ4v) is 2.49. The molecule has 0 saturated carbocycles. The van der Waals surface area contributed by atoms with Crippen molar-refractivity contribution in [2.45, 2.75) is 33.1 Å². The van der Waals surface area contributed by atoms with Crippen LogP contribution in [0, 0.1) is 0 Å². The maximum atomic E-state index is 12.0. The summed E-state index contributed by atoms with van der Waals surface area (Å²) in [5.74, 6) is -0.0604. The van der Waals surface area contributed by atoms with Crippen molar-refractivity contribution in [1.29, 1.82) is 0 Å². The van der Waals surface area contributed by atoms with Gasteiger partial charge in [0.25, 0.3) is 0 Å². The van der Waals surface area contributed by atoms with Crippen LogP contribution in [-0.4, -0.2) is 31.6 Å². The second-order valence-corrected chi connectivity index (χ2v) is 5.03. The van der Waals surface area contributed by atoms with E-state index in [1.165, 1.54) is 0 Å². The summed E-state index contributed by atoms with van der Waals surface area (Å²) in [4.78, 5) is 25.5.